The lowest BCUT2D eigenvalue weighted by Crippen LogP contribution is -2.38. The molecule has 0 saturated carbocycles. The summed E-state index contributed by atoms with van der Waals surface area (Å²) in [4.78, 5) is 4.40. The summed E-state index contributed by atoms with van der Waals surface area (Å²) in [5.74, 6) is 0.306. The molecule has 4 rings (SSSR count). The van der Waals surface area contributed by atoms with E-state index >= 15 is 0 Å². The van der Waals surface area contributed by atoms with Crippen LogP contribution in [0, 0.1) is 13.8 Å². The number of hydrogen-bond acceptors (Lipinski definition) is 4. The van der Waals surface area contributed by atoms with E-state index in [0.29, 0.717) is 17.2 Å². The summed E-state index contributed by atoms with van der Waals surface area (Å²) >= 11 is 1.29. The molecule has 4 nitrogen and oxygen atoms in total. The molecule has 2 atom stereocenters. The Hall–Kier alpha value is -2.48. The summed E-state index contributed by atoms with van der Waals surface area (Å²) in [7, 11) is 1.67. The third-order valence-corrected chi connectivity index (χ3v) is 6.45. The van der Waals surface area contributed by atoms with Crippen LogP contribution in [0.25, 0.3) is 11.4 Å². The molecule has 0 aliphatic carbocycles. The lowest BCUT2D eigenvalue weighted by Gasteiger charge is -2.20. The van der Waals surface area contributed by atoms with Crippen molar-refractivity contribution in [2.75, 3.05) is 11.1 Å². The van der Waals surface area contributed by atoms with Gasteiger partial charge >= 0.3 is 6.18 Å². The predicted octanol–water partition coefficient (Wildman–Crippen LogP) is 5.28. The first-order chi connectivity index (χ1) is 13.8. The number of fused-ring (bicyclic) bond motifs is 1. The van der Waals surface area contributed by atoms with Crippen molar-refractivity contribution in [1.82, 2.24) is 14.8 Å². The maximum Gasteiger partial charge on any atom is 0.409 e. The normalized spacial score (nSPS) is 19.4. The van der Waals surface area contributed by atoms with Gasteiger partial charge < -0.3 is 5.32 Å². The first-order valence-electron chi connectivity index (χ1n) is 9.26. The highest BCUT2D eigenvalue weighted by Crippen LogP contribution is 2.48. The number of hydrogen-bond donors (Lipinski definition) is 1. The van der Waals surface area contributed by atoms with Crippen LogP contribution in [0.3, 0.4) is 0 Å². The third-order valence-electron chi connectivity index (χ3n) is 5.10. The number of halogens is 3. The van der Waals surface area contributed by atoms with E-state index in [0.717, 1.165) is 22.3 Å². The topological polar surface area (TPSA) is 42.7 Å². The van der Waals surface area contributed by atoms with Crippen molar-refractivity contribution in [3.8, 4) is 11.4 Å². The van der Waals surface area contributed by atoms with Crippen molar-refractivity contribution in [3.63, 3.8) is 0 Å². The van der Waals surface area contributed by atoms with E-state index in [9.17, 15) is 13.2 Å². The van der Waals surface area contributed by atoms with Crippen molar-refractivity contribution < 1.29 is 13.2 Å². The minimum atomic E-state index is -4.35. The molecule has 0 saturated heterocycles. The molecule has 8 heteroatoms. The average Bonchev–Trinajstić information content (AvgIpc) is 2.85. The number of pyridine rings is 1. The molecule has 3 heterocycles. The quantitative estimate of drug-likeness (QED) is 0.615. The number of aromatic nitrogens is 3. The van der Waals surface area contributed by atoms with Crippen LogP contribution < -0.4 is 5.32 Å². The Bertz CT molecular complexity index is 1030. The number of thioether (sulfide) groups is 1. The monoisotopic (exact) mass is 418 g/mol. The highest BCUT2D eigenvalue weighted by Gasteiger charge is 2.44. The third kappa shape index (κ3) is 3.73. The van der Waals surface area contributed by atoms with Crippen LogP contribution in [-0.2, 0) is 7.05 Å². The standard InChI is InChI=1S/C21H21F3N4S/c1-12-7-8-14(13(2)10-12)19-17-18(15-6-4-5-9-25-15)27-28(3)20(17)26-16(11-29-19)21(22,23)24/h4-10,16,19,26H,11H2,1-3H3/t16-,19-/m0/s1. The highest BCUT2D eigenvalue weighted by atomic mass is 32.2. The molecule has 0 spiro atoms. The SMILES string of the molecule is Cc1ccc([C@@H]2SC[C@@H](C(F)(F)F)Nc3c2c(-c2ccccn2)nn3C)c(C)c1. The first kappa shape index (κ1) is 19.8. The molecule has 2 aromatic heterocycles. The van der Waals surface area contributed by atoms with Gasteiger partial charge in [-0.2, -0.15) is 18.3 Å². The second kappa shape index (κ2) is 7.40. The van der Waals surface area contributed by atoms with Gasteiger partial charge in [0.1, 0.15) is 17.6 Å². The summed E-state index contributed by atoms with van der Waals surface area (Å²) in [5.41, 5.74) is 5.16. The van der Waals surface area contributed by atoms with Crippen molar-refractivity contribution in [2.45, 2.75) is 31.3 Å². The lowest BCUT2D eigenvalue weighted by molar-refractivity contribution is -0.137. The van der Waals surface area contributed by atoms with E-state index in [1.165, 1.54) is 16.4 Å². The molecular weight excluding hydrogens is 397 g/mol. The second-order valence-corrected chi connectivity index (χ2v) is 8.40. The molecule has 0 unspecified atom stereocenters. The van der Waals surface area contributed by atoms with E-state index in [2.05, 4.69) is 21.5 Å². The minimum absolute atomic E-state index is 0.0855. The Morgan fingerprint density at radius 2 is 1.97 bits per heavy atom. The summed E-state index contributed by atoms with van der Waals surface area (Å²) in [6.45, 7) is 4.01. The van der Waals surface area contributed by atoms with Gasteiger partial charge in [-0.15, -0.1) is 11.8 Å². The van der Waals surface area contributed by atoms with Crippen LogP contribution in [0.2, 0.25) is 0 Å². The van der Waals surface area contributed by atoms with E-state index in [-0.39, 0.29) is 11.0 Å². The Morgan fingerprint density at radius 1 is 1.17 bits per heavy atom. The van der Waals surface area contributed by atoms with Crippen LogP contribution in [0.5, 0.6) is 0 Å². The van der Waals surface area contributed by atoms with E-state index in [1.54, 1.807) is 19.3 Å². The van der Waals surface area contributed by atoms with Crippen molar-refractivity contribution in [3.05, 3.63) is 64.8 Å². The molecule has 0 amide bonds. The van der Waals surface area contributed by atoms with E-state index < -0.39 is 12.2 Å². The zero-order chi connectivity index (χ0) is 20.8. The van der Waals surface area contributed by atoms with Gasteiger partial charge in [-0.05, 0) is 37.1 Å². The molecule has 0 bridgehead atoms. The van der Waals surface area contributed by atoms with Crippen molar-refractivity contribution in [2.24, 2.45) is 7.05 Å². The van der Waals surface area contributed by atoms with E-state index in [4.69, 9.17) is 0 Å². The molecule has 29 heavy (non-hydrogen) atoms. The maximum absolute atomic E-state index is 13.6. The minimum Gasteiger partial charge on any atom is -0.358 e. The van der Waals surface area contributed by atoms with Crippen LogP contribution in [-0.4, -0.2) is 32.7 Å². The Morgan fingerprint density at radius 3 is 2.62 bits per heavy atom. The van der Waals surface area contributed by atoms with Gasteiger partial charge in [0.2, 0.25) is 0 Å². The summed E-state index contributed by atoms with van der Waals surface area (Å²) in [6.07, 6.45) is -2.69. The Balaban J connectivity index is 1.93. The van der Waals surface area contributed by atoms with Gasteiger partial charge in [0.05, 0.1) is 10.9 Å². The van der Waals surface area contributed by atoms with Crippen molar-refractivity contribution in [1.29, 1.82) is 0 Å². The fourth-order valence-electron chi connectivity index (χ4n) is 3.68. The van der Waals surface area contributed by atoms with Crippen LogP contribution >= 0.6 is 11.8 Å². The molecule has 1 aromatic carbocycles. The van der Waals surface area contributed by atoms with E-state index in [1.807, 2.05) is 38.1 Å². The Kier molecular flexibility index (Phi) is 5.06. The number of alkyl halides is 3. The zero-order valence-electron chi connectivity index (χ0n) is 16.3. The molecule has 1 aliphatic heterocycles. The number of nitrogens with one attached hydrogen (secondary N) is 1. The molecule has 0 radical (unpaired) electrons. The largest absolute Gasteiger partial charge is 0.409 e. The lowest BCUT2D eigenvalue weighted by atomic mass is 9.97. The van der Waals surface area contributed by atoms with Gasteiger partial charge in [-0.3, -0.25) is 9.67 Å². The summed E-state index contributed by atoms with van der Waals surface area (Å²) < 4.78 is 42.4. The fourth-order valence-corrected chi connectivity index (χ4v) is 5.17. The predicted molar refractivity (Wildman–Crippen MR) is 110 cm³/mol. The van der Waals surface area contributed by atoms with Crippen molar-refractivity contribution >= 4 is 17.6 Å². The zero-order valence-corrected chi connectivity index (χ0v) is 17.1. The number of anilines is 1. The van der Waals surface area contributed by atoms with Crippen LogP contribution in [0.15, 0.2) is 42.6 Å². The molecule has 0 fully saturated rings. The first-order valence-corrected chi connectivity index (χ1v) is 10.3. The van der Waals surface area contributed by atoms with Gasteiger partial charge in [0.15, 0.2) is 0 Å². The molecule has 3 aromatic rings. The number of nitrogens with zero attached hydrogens (tertiary/aromatic N) is 3. The smallest absolute Gasteiger partial charge is 0.358 e. The Labute approximate surface area is 171 Å². The van der Waals surface area contributed by atoms with Crippen LogP contribution in [0.1, 0.15) is 27.5 Å². The molecule has 152 valence electrons. The number of aryl methyl sites for hydroxylation is 3. The van der Waals surface area contributed by atoms with Crippen LogP contribution in [0.4, 0.5) is 19.0 Å². The van der Waals surface area contributed by atoms with Gasteiger partial charge in [-0.25, -0.2) is 0 Å². The average molecular weight is 418 g/mol. The van der Waals surface area contributed by atoms with Gasteiger partial charge in [0.25, 0.3) is 0 Å². The second-order valence-electron chi connectivity index (χ2n) is 7.26. The highest BCUT2D eigenvalue weighted by molar-refractivity contribution is 7.99. The molecule has 1 aliphatic rings. The fraction of sp³-hybridized carbons (Fsp3) is 0.333. The molecular formula is C21H21F3N4S. The number of benzene rings is 1. The maximum atomic E-state index is 13.6. The van der Waals surface area contributed by atoms with Gasteiger partial charge in [-0.1, -0.05) is 29.8 Å². The van der Waals surface area contributed by atoms with Gasteiger partial charge in [0, 0.05) is 24.6 Å². The number of rotatable bonds is 2. The summed E-state index contributed by atoms with van der Waals surface area (Å²) in [5, 5.41) is 6.99. The summed E-state index contributed by atoms with van der Waals surface area (Å²) in [6, 6.07) is 9.91. The molecule has 1 N–H and O–H groups in total.